The number of carboxylic acids is 1. The maximum absolute atomic E-state index is 13.7. The number of rotatable bonds is 23. The zero-order chi connectivity index (χ0) is 38.1. The van der Waals surface area contributed by atoms with E-state index in [4.69, 9.17) is 20.9 Å². The van der Waals surface area contributed by atoms with Crippen LogP contribution in [-0.2, 0) is 39.9 Å². The highest BCUT2D eigenvalue weighted by atomic mass is 16.5. The first-order valence-electron chi connectivity index (χ1n) is 17.8. The normalized spacial score (nSPS) is 15.8. The van der Waals surface area contributed by atoms with Crippen LogP contribution < -0.4 is 32.7 Å². The molecule has 0 unspecified atom stereocenters. The van der Waals surface area contributed by atoms with Crippen LogP contribution in [0.3, 0.4) is 0 Å². The Kier molecular flexibility index (Phi) is 18.0. The zero-order valence-corrected chi connectivity index (χ0v) is 31.1. The molecule has 1 aliphatic heterocycles. The average Bonchev–Trinajstić information content (AvgIpc) is 3.10. The van der Waals surface area contributed by atoms with Crippen molar-refractivity contribution in [3.8, 4) is 0 Å². The number of ether oxygens (including phenoxy) is 2. The number of unbranched alkanes of at least 4 members (excludes halogenated alkanes) is 1. The molecule has 15 nitrogen and oxygen atoms in total. The molecular formula is C36H61N7O8. The minimum Gasteiger partial charge on any atom is -0.480 e. The lowest BCUT2D eigenvalue weighted by atomic mass is 9.86. The van der Waals surface area contributed by atoms with Gasteiger partial charge >= 0.3 is 5.97 Å². The summed E-state index contributed by atoms with van der Waals surface area (Å²) in [5.74, 6) is -2.96. The number of aliphatic carboxylic acids is 1. The van der Waals surface area contributed by atoms with Crippen LogP contribution in [0.25, 0.3) is 0 Å². The third kappa shape index (κ3) is 15.3. The molecule has 1 aromatic rings. The lowest BCUT2D eigenvalue weighted by Crippen LogP contribution is -2.61. The number of amides is 4. The molecule has 0 saturated carbocycles. The summed E-state index contributed by atoms with van der Waals surface area (Å²) in [5, 5.41) is 21.3. The number of hydrogen-bond acceptors (Lipinski definition) is 10. The van der Waals surface area contributed by atoms with Gasteiger partial charge in [0, 0.05) is 26.6 Å². The number of piperidine rings is 1. The summed E-state index contributed by atoms with van der Waals surface area (Å²) in [7, 11) is 1.66. The lowest BCUT2D eigenvalue weighted by molar-refractivity contribution is -0.150. The number of hydrogen-bond donors (Lipinski definition) is 7. The van der Waals surface area contributed by atoms with Crippen molar-refractivity contribution in [1.82, 2.24) is 26.2 Å². The van der Waals surface area contributed by atoms with E-state index in [9.17, 15) is 29.1 Å². The first-order valence-corrected chi connectivity index (χ1v) is 17.8. The summed E-state index contributed by atoms with van der Waals surface area (Å²) in [5.41, 5.74) is 9.93. The van der Waals surface area contributed by atoms with Gasteiger partial charge in [0.2, 0.25) is 23.6 Å². The highest BCUT2D eigenvalue weighted by Crippen LogP contribution is 2.25. The molecule has 1 aromatic carbocycles. The summed E-state index contributed by atoms with van der Waals surface area (Å²) >= 11 is 0. The van der Waals surface area contributed by atoms with Crippen molar-refractivity contribution in [2.24, 2.45) is 11.5 Å². The van der Waals surface area contributed by atoms with Crippen LogP contribution in [0.1, 0.15) is 78.2 Å². The van der Waals surface area contributed by atoms with Crippen LogP contribution >= 0.6 is 0 Å². The van der Waals surface area contributed by atoms with Gasteiger partial charge < -0.3 is 52.2 Å². The van der Waals surface area contributed by atoms with Gasteiger partial charge in [-0.15, -0.1) is 0 Å². The van der Waals surface area contributed by atoms with E-state index in [0.717, 1.165) is 12.0 Å². The Labute approximate surface area is 302 Å². The molecule has 1 saturated heterocycles. The van der Waals surface area contributed by atoms with Crippen LogP contribution in [0.4, 0.5) is 0 Å². The molecule has 2 rings (SSSR count). The molecule has 1 heterocycles. The second-order valence-electron chi connectivity index (χ2n) is 14.3. The van der Waals surface area contributed by atoms with E-state index in [2.05, 4.69) is 21.3 Å². The van der Waals surface area contributed by atoms with Gasteiger partial charge in [-0.1, -0.05) is 30.3 Å². The minimum absolute atomic E-state index is 0.187. The fourth-order valence-corrected chi connectivity index (χ4v) is 5.74. The van der Waals surface area contributed by atoms with Crippen molar-refractivity contribution in [3.63, 3.8) is 0 Å². The van der Waals surface area contributed by atoms with Crippen molar-refractivity contribution < 1.29 is 38.6 Å². The Morgan fingerprint density at radius 2 is 1.57 bits per heavy atom. The molecule has 0 spiro atoms. The molecule has 0 aliphatic carbocycles. The quantitative estimate of drug-likeness (QED) is 0.0768. The van der Waals surface area contributed by atoms with Gasteiger partial charge in [-0.2, -0.15) is 0 Å². The van der Waals surface area contributed by atoms with Gasteiger partial charge in [0.25, 0.3) is 0 Å². The van der Waals surface area contributed by atoms with Gasteiger partial charge in [-0.3, -0.25) is 24.0 Å². The SMILES string of the molecule is COC(C)(C)CCOC(C)(C)CCNC1(C(=O)O)CCN(C(=O)[C@@H](CCCCN)NC(=O)CNC(=O)[C@@H](Cc2ccccc2)NC(=O)CN)CC1. The van der Waals surface area contributed by atoms with Gasteiger partial charge in [0.15, 0.2) is 0 Å². The van der Waals surface area contributed by atoms with Gasteiger partial charge in [0.1, 0.15) is 17.6 Å². The number of carboxylic acid groups (broad SMARTS) is 1. The lowest BCUT2D eigenvalue weighted by Gasteiger charge is -2.41. The molecule has 51 heavy (non-hydrogen) atoms. The van der Waals surface area contributed by atoms with E-state index in [0.29, 0.717) is 45.4 Å². The molecule has 0 bridgehead atoms. The predicted octanol–water partition coefficient (Wildman–Crippen LogP) is 0.438. The molecule has 288 valence electrons. The van der Waals surface area contributed by atoms with Crippen molar-refractivity contribution >= 4 is 29.6 Å². The summed E-state index contributed by atoms with van der Waals surface area (Å²) < 4.78 is 11.5. The highest BCUT2D eigenvalue weighted by molar-refractivity contribution is 5.93. The Hall–Kier alpha value is -3.63. The summed E-state index contributed by atoms with van der Waals surface area (Å²) in [4.78, 5) is 65.8. The maximum Gasteiger partial charge on any atom is 0.324 e. The van der Waals surface area contributed by atoms with E-state index in [1.165, 1.54) is 0 Å². The second-order valence-corrected chi connectivity index (χ2v) is 14.3. The van der Waals surface area contributed by atoms with E-state index >= 15 is 0 Å². The first-order chi connectivity index (χ1) is 24.1. The van der Waals surface area contributed by atoms with Crippen LogP contribution in [-0.4, -0.2) is 121 Å². The summed E-state index contributed by atoms with van der Waals surface area (Å²) in [6.07, 6.45) is 3.43. The Morgan fingerprint density at radius 1 is 0.922 bits per heavy atom. The van der Waals surface area contributed by atoms with Gasteiger partial charge in [0.05, 0.1) is 30.9 Å². The molecule has 0 aromatic heterocycles. The monoisotopic (exact) mass is 719 g/mol. The molecular weight excluding hydrogens is 658 g/mol. The Bertz CT molecular complexity index is 1270. The Balaban J connectivity index is 1.98. The standard InChI is InChI=1S/C36H61N7O8/c1-34(2,50-5)17-22-51-35(3,4)14-19-40-36(33(48)49)15-20-43(21-16-36)32(47)27(13-9-10-18-37)41-30(45)25-39-31(46)28(42-29(44)24-38)23-26-11-7-6-8-12-26/h6-8,11-12,27-28,40H,9-10,13-25,37-38H2,1-5H3,(H,39,46)(H,41,45)(H,42,44)(H,48,49)/t27-,28-/m1/s1. The molecule has 15 heteroatoms. The number of carbonyl (C=O) groups excluding carboxylic acids is 4. The van der Waals surface area contributed by atoms with E-state index in [-0.39, 0.29) is 50.4 Å². The number of carbonyl (C=O) groups is 5. The van der Waals surface area contributed by atoms with E-state index in [1.54, 1.807) is 12.0 Å². The molecule has 9 N–H and O–H groups in total. The van der Waals surface area contributed by atoms with Crippen molar-refractivity contribution in [1.29, 1.82) is 0 Å². The van der Waals surface area contributed by atoms with Gasteiger partial charge in [-0.25, -0.2) is 0 Å². The highest BCUT2D eigenvalue weighted by Gasteiger charge is 2.43. The summed E-state index contributed by atoms with van der Waals surface area (Å²) in [6, 6.07) is 7.26. The van der Waals surface area contributed by atoms with Crippen molar-refractivity contribution in [2.45, 2.75) is 108 Å². The fourth-order valence-electron chi connectivity index (χ4n) is 5.74. The maximum atomic E-state index is 13.7. The molecule has 1 aliphatic rings. The van der Waals surface area contributed by atoms with E-state index in [1.807, 2.05) is 58.0 Å². The summed E-state index contributed by atoms with van der Waals surface area (Å²) in [6.45, 7) is 8.92. The molecule has 2 atom stereocenters. The number of benzene rings is 1. The zero-order valence-electron chi connectivity index (χ0n) is 31.1. The molecule has 0 radical (unpaired) electrons. The second kappa shape index (κ2) is 21.0. The van der Waals surface area contributed by atoms with E-state index < -0.39 is 53.5 Å². The number of likely N-dealkylation sites (tertiary alicyclic amines) is 1. The average molecular weight is 720 g/mol. The van der Waals surface area contributed by atoms with Crippen LogP contribution in [0.5, 0.6) is 0 Å². The topological polar surface area (TPSA) is 227 Å². The number of nitrogens with one attached hydrogen (secondary N) is 4. The van der Waals surface area contributed by atoms with Gasteiger partial charge in [-0.05, 0) is 91.3 Å². The van der Waals surface area contributed by atoms with Crippen LogP contribution in [0.15, 0.2) is 30.3 Å². The first kappa shape index (κ1) is 43.5. The number of nitrogens with zero attached hydrogens (tertiary/aromatic N) is 1. The van der Waals surface area contributed by atoms with Crippen LogP contribution in [0.2, 0.25) is 0 Å². The number of methoxy groups -OCH3 is 1. The predicted molar refractivity (Wildman–Crippen MR) is 194 cm³/mol. The van der Waals surface area contributed by atoms with Crippen molar-refractivity contribution in [3.05, 3.63) is 35.9 Å². The number of nitrogens with two attached hydrogens (primary N) is 2. The largest absolute Gasteiger partial charge is 0.480 e. The molecule has 1 fully saturated rings. The minimum atomic E-state index is -1.21. The third-order valence-electron chi connectivity index (χ3n) is 9.40. The Morgan fingerprint density at radius 3 is 2.16 bits per heavy atom. The fraction of sp³-hybridized carbons (Fsp3) is 0.694. The molecule has 4 amide bonds. The smallest absolute Gasteiger partial charge is 0.324 e. The van der Waals surface area contributed by atoms with Crippen molar-refractivity contribution in [2.75, 3.05) is 53.0 Å². The third-order valence-corrected chi connectivity index (χ3v) is 9.40. The van der Waals surface area contributed by atoms with Crippen LogP contribution in [0, 0.1) is 0 Å².